The molecule has 0 aromatic heterocycles. The van der Waals surface area contributed by atoms with Crippen LogP contribution in [0.5, 0.6) is 5.75 Å². The number of rotatable bonds is 8. The van der Waals surface area contributed by atoms with E-state index in [2.05, 4.69) is 13.8 Å². The minimum Gasteiger partial charge on any atom is -0.494 e. The summed E-state index contributed by atoms with van der Waals surface area (Å²) >= 11 is 0. The van der Waals surface area contributed by atoms with Crippen LogP contribution in [0.4, 0.5) is 0 Å². The number of hydrogen-bond acceptors (Lipinski definition) is 5. The molecule has 1 saturated heterocycles. The van der Waals surface area contributed by atoms with Crippen molar-refractivity contribution < 1.29 is 21.6 Å². The summed E-state index contributed by atoms with van der Waals surface area (Å²) in [4.78, 5) is 0.413. The van der Waals surface area contributed by atoms with Crippen LogP contribution in [0.15, 0.2) is 58.3 Å². The average Bonchev–Trinajstić information content (AvgIpc) is 2.74. The van der Waals surface area contributed by atoms with Crippen molar-refractivity contribution in [1.29, 1.82) is 0 Å². The summed E-state index contributed by atoms with van der Waals surface area (Å²) in [7, 11) is -7.35. The van der Waals surface area contributed by atoms with Gasteiger partial charge in [0.2, 0.25) is 20.0 Å². The lowest BCUT2D eigenvalue weighted by Gasteiger charge is -2.33. The van der Waals surface area contributed by atoms with Crippen molar-refractivity contribution >= 4 is 20.0 Å². The molecule has 1 fully saturated rings. The van der Waals surface area contributed by atoms with Gasteiger partial charge in [0.15, 0.2) is 0 Å². The van der Waals surface area contributed by atoms with Crippen LogP contribution in [0, 0.1) is 5.92 Å². The molecule has 0 N–H and O–H groups in total. The maximum absolute atomic E-state index is 13.0. The molecule has 0 atom stereocenters. The molecule has 2 aromatic carbocycles. The van der Waals surface area contributed by atoms with E-state index in [-0.39, 0.29) is 36.0 Å². The molecule has 0 unspecified atom stereocenters. The molecule has 7 nitrogen and oxygen atoms in total. The Kier molecular flexibility index (Phi) is 7.41. The lowest BCUT2D eigenvalue weighted by atomic mass is 10.0. The Labute approximate surface area is 185 Å². The van der Waals surface area contributed by atoms with E-state index in [1.807, 2.05) is 19.1 Å². The number of ether oxygens (including phenoxy) is 1. The minimum atomic E-state index is -3.69. The van der Waals surface area contributed by atoms with Gasteiger partial charge in [0, 0.05) is 26.2 Å². The molecule has 1 aliphatic heterocycles. The second kappa shape index (κ2) is 9.68. The normalized spacial score (nSPS) is 16.5. The van der Waals surface area contributed by atoms with Gasteiger partial charge >= 0.3 is 0 Å². The van der Waals surface area contributed by atoms with E-state index in [1.165, 1.54) is 20.7 Å². The van der Waals surface area contributed by atoms with Crippen LogP contribution < -0.4 is 4.74 Å². The van der Waals surface area contributed by atoms with Gasteiger partial charge < -0.3 is 4.74 Å². The lowest BCUT2D eigenvalue weighted by molar-refractivity contribution is 0.273. The number of sulfonamides is 2. The zero-order chi connectivity index (χ0) is 22.6. The van der Waals surface area contributed by atoms with Crippen molar-refractivity contribution in [3.05, 3.63) is 54.1 Å². The van der Waals surface area contributed by atoms with Gasteiger partial charge in [0.05, 0.1) is 16.4 Å². The van der Waals surface area contributed by atoms with Crippen LogP contribution in [0.2, 0.25) is 0 Å². The van der Waals surface area contributed by atoms with E-state index in [0.717, 1.165) is 12.0 Å². The smallest absolute Gasteiger partial charge is 0.243 e. The number of hydrogen-bond donors (Lipinski definition) is 0. The second-order valence-electron chi connectivity index (χ2n) is 7.95. The third-order valence-corrected chi connectivity index (χ3v) is 9.00. The fourth-order valence-corrected chi connectivity index (χ4v) is 6.44. The zero-order valence-electron chi connectivity index (χ0n) is 18.2. The standard InChI is InChI=1S/C22H30N2O5S2/c1-4-29-20-7-11-22(12-8-20)31(27,28)24-15-13-23(14-16-24)30(25,26)21-9-5-19(6-10-21)17-18(2)3/h5-12,18H,4,13-17H2,1-3H3. The predicted molar refractivity (Wildman–Crippen MR) is 120 cm³/mol. The van der Waals surface area contributed by atoms with Crippen LogP contribution in [-0.2, 0) is 26.5 Å². The first-order chi connectivity index (χ1) is 14.6. The Morgan fingerprint density at radius 3 is 1.58 bits per heavy atom. The van der Waals surface area contributed by atoms with Crippen LogP contribution >= 0.6 is 0 Å². The molecule has 0 radical (unpaired) electrons. The van der Waals surface area contributed by atoms with Gasteiger partial charge in [-0.15, -0.1) is 0 Å². The highest BCUT2D eigenvalue weighted by atomic mass is 32.2. The van der Waals surface area contributed by atoms with Crippen LogP contribution in [0.1, 0.15) is 26.3 Å². The van der Waals surface area contributed by atoms with E-state index >= 15 is 0 Å². The van der Waals surface area contributed by atoms with Gasteiger partial charge in [-0.25, -0.2) is 16.8 Å². The Morgan fingerprint density at radius 1 is 0.774 bits per heavy atom. The maximum Gasteiger partial charge on any atom is 0.243 e. The first kappa shape index (κ1) is 23.7. The molecule has 1 aliphatic rings. The largest absolute Gasteiger partial charge is 0.494 e. The molecule has 3 rings (SSSR count). The summed E-state index contributed by atoms with van der Waals surface area (Å²) in [5.41, 5.74) is 1.10. The summed E-state index contributed by atoms with van der Waals surface area (Å²) in [6, 6.07) is 13.2. The molecule has 0 saturated carbocycles. The van der Waals surface area contributed by atoms with E-state index < -0.39 is 20.0 Å². The summed E-state index contributed by atoms with van der Waals surface area (Å²) in [6.45, 7) is 7.05. The minimum absolute atomic E-state index is 0.111. The fourth-order valence-electron chi connectivity index (χ4n) is 3.59. The number of benzene rings is 2. The molecular weight excluding hydrogens is 436 g/mol. The van der Waals surface area contributed by atoms with E-state index in [9.17, 15) is 16.8 Å². The maximum atomic E-state index is 13.0. The average molecular weight is 467 g/mol. The third kappa shape index (κ3) is 5.46. The topological polar surface area (TPSA) is 84.0 Å². The van der Waals surface area contributed by atoms with Gasteiger partial charge in [0.25, 0.3) is 0 Å². The second-order valence-corrected chi connectivity index (χ2v) is 11.8. The molecule has 31 heavy (non-hydrogen) atoms. The number of piperazine rings is 1. The molecule has 0 spiro atoms. The van der Waals surface area contributed by atoms with Gasteiger partial charge in [-0.05, 0) is 61.2 Å². The fraction of sp³-hybridized carbons (Fsp3) is 0.455. The molecule has 9 heteroatoms. The predicted octanol–water partition coefficient (Wildman–Crippen LogP) is 2.98. The number of nitrogens with zero attached hydrogens (tertiary/aromatic N) is 2. The first-order valence-electron chi connectivity index (χ1n) is 10.5. The van der Waals surface area contributed by atoms with Crippen molar-refractivity contribution in [3.63, 3.8) is 0 Å². The zero-order valence-corrected chi connectivity index (χ0v) is 19.8. The highest BCUT2D eigenvalue weighted by Crippen LogP contribution is 2.24. The Hall–Kier alpha value is -1.94. The first-order valence-corrected chi connectivity index (χ1v) is 13.3. The highest BCUT2D eigenvalue weighted by Gasteiger charge is 2.33. The van der Waals surface area contributed by atoms with Crippen LogP contribution in [0.25, 0.3) is 0 Å². The quantitative estimate of drug-likeness (QED) is 0.597. The third-order valence-electron chi connectivity index (χ3n) is 5.18. The molecule has 0 amide bonds. The van der Waals surface area contributed by atoms with Gasteiger partial charge in [-0.1, -0.05) is 26.0 Å². The van der Waals surface area contributed by atoms with Crippen molar-refractivity contribution in [3.8, 4) is 5.75 Å². The van der Waals surface area contributed by atoms with Crippen molar-refractivity contribution in [2.75, 3.05) is 32.8 Å². The van der Waals surface area contributed by atoms with E-state index in [4.69, 9.17) is 4.74 Å². The van der Waals surface area contributed by atoms with Crippen molar-refractivity contribution in [2.24, 2.45) is 5.92 Å². The summed E-state index contributed by atoms with van der Waals surface area (Å²) in [5.74, 6) is 1.10. The molecular formula is C22H30N2O5S2. The molecule has 2 aromatic rings. The Morgan fingerprint density at radius 2 is 1.19 bits per heavy atom. The van der Waals surface area contributed by atoms with Crippen molar-refractivity contribution in [2.45, 2.75) is 37.0 Å². The van der Waals surface area contributed by atoms with Crippen LogP contribution in [0.3, 0.4) is 0 Å². The molecule has 0 aliphatic carbocycles. The van der Waals surface area contributed by atoms with E-state index in [1.54, 1.807) is 24.3 Å². The van der Waals surface area contributed by atoms with Crippen molar-refractivity contribution in [1.82, 2.24) is 8.61 Å². The van der Waals surface area contributed by atoms with E-state index in [0.29, 0.717) is 18.3 Å². The Balaban J connectivity index is 1.67. The lowest BCUT2D eigenvalue weighted by Crippen LogP contribution is -2.50. The SMILES string of the molecule is CCOc1ccc(S(=O)(=O)N2CCN(S(=O)(=O)c3ccc(CC(C)C)cc3)CC2)cc1. The molecule has 1 heterocycles. The molecule has 170 valence electrons. The summed E-state index contributed by atoms with van der Waals surface area (Å²) in [6.07, 6.45) is 0.891. The van der Waals surface area contributed by atoms with Crippen LogP contribution in [-0.4, -0.2) is 58.2 Å². The van der Waals surface area contributed by atoms with Gasteiger partial charge in [-0.2, -0.15) is 8.61 Å². The van der Waals surface area contributed by atoms with Gasteiger partial charge in [0.1, 0.15) is 5.75 Å². The summed E-state index contributed by atoms with van der Waals surface area (Å²) < 4.78 is 59.9. The highest BCUT2D eigenvalue weighted by molar-refractivity contribution is 7.89. The Bertz CT molecular complexity index is 1070. The monoisotopic (exact) mass is 466 g/mol. The summed E-state index contributed by atoms with van der Waals surface area (Å²) in [5, 5.41) is 0. The molecule has 0 bridgehead atoms. The van der Waals surface area contributed by atoms with Gasteiger partial charge in [-0.3, -0.25) is 0 Å².